The van der Waals surface area contributed by atoms with Crippen molar-refractivity contribution in [1.29, 1.82) is 0 Å². The third kappa shape index (κ3) is 10.2. The van der Waals surface area contributed by atoms with Gasteiger partial charge in [0.2, 0.25) is 5.12 Å². The zero-order chi connectivity index (χ0) is 23.4. The molecule has 0 aliphatic carbocycles. The molecule has 31 heavy (non-hydrogen) atoms. The molecule has 0 heterocycles. The summed E-state index contributed by atoms with van der Waals surface area (Å²) in [6.45, 7) is 20.4. The Morgan fingerprint density at radius 3 is 2.32 bits per heavy atom. The lowest BCUT2D eigenvalue weighted by molar-refractivity contribution is -0.108. The molecule has 0 aliphatic heterocycles. The summed E-state index contributed by atoms with van der Waals surface area (Å²) >= 11 is 2.95. The van der Waals surface area contributed by atoms with E-state index in [1.165, 1.54) is 17.3 Å². The molecule has 2 nitrogen and oxygen atoms in total. The highest BCUT2D eigenvalue weighted by atomic mass is 32.2. The Kier molecular flexibility index (Phi) is 12.4. The van der Waals surface area contributed by atoms with Gasteiger partial charge in [0.25, 0.3) is 0 Å². The molecule has 172 valence electrons. The van der Waals surface area contributed by atoms with Gasteiger partial charge < -0.3 is 4.74 Å². The van der Waals surface area contributed by atoms with Crippen LogP contribution in [0, 0.1) is 5.92 Å². The molecule has 0 amide bonds. The Bertz CT molecular complexity index is 754. The summed E-state index contributed by atoms with van der Waals surface area (Å²) in [5.41, 5.74) is 3.16. The number of thioether (sulfide) groups is 2. The van der Waals surface area contributed by atoms with Crippen LogP contribution in [0.5, 0.6) is 0 Å². The number of allylic oxidation sites excluding steroid dienone is 1. The third-order valence-electron chi connectivity index (χ3n) is 4.88. The molecular weight excluding hydrogens is 420 g/mol. The summed E-state index contributed by atoms with van der Waals surface area (Å²) in [5, 5.41) is 2.00. The number of carbonyl (C=O) groups is 1. The lowest BCUT2D eigenvalue weighted by Gasteiger charge is -2.22. The van der Waals surface area contributed by atoms with Crippen LogP contribution in [0.15, 0.2) is 54.2 Å². The standard InChI is InChI=1S/C27H40O2S2/c1-9-20(4)24(26(28)31-11-3)25(30-10-2)23-18-16-22(17-19-23)15-13-12-14-21(5)29-27(6,7)8/h10,16-20H,2,5,9,11-15H2,1,3-4,6-8H3/b25-24+. The molecule has 0 saturated carbocycles. The van der Waals surface area contributed by atoms with Gasteiger partial charge in [-0.25, -0.2) is 0 Å². The predicted octanol–water partition coefficient (Wildman–Crippen LogP) is 8.64. The monoisotopic (exact) mass is 460 g/mol. The van der Waals surface area contributed by atoms with E-state index >= 15 is 0 Å². The highest BCUT2D eigenvalue weighted by Gasteiger charge is 2.22. The first-order valence-corrected chi connectivity index (χ1v) is 13.1. The van der Waals surface area contributed by atoms with Crippen molar-refractivity contribution in [2.75, 3.05) is 5.75 Å². The molecule has 0 aromatic heterocycles. The Labute approximate surface area is 199 Å². The lowest BCUT2D eigenvalue weighted by atomic mass is 9.96. The van der Waals surface area contributed by atoms with Gasteiger partial charge >= 0.3 is 0 Å². The largest absolute Gasteiger partial charge is 0.493 e. The number of hydrogen-bond acceptors (Lipinski definition) is 4. The molecule has 0 saturated heterocycles. The number of aryl methyl sites for hydroxylation is 1. The summed E-state index contributed by atoms with van der Waals surface area (Å²) in [7, 11) is 0. The van der Waals surface area contributed by atoms with Gasteiger partial charge in [0, 0.05) is 16.9 Å². The molecule has 0 fully saturated rings. The Morgan fingerprint density at radius 2 is 1.81 bits per heavy atom. The van der Waals surface area contributed by atoms with E-state index in [0.29, 0.717) is 0 Å². The third-order valence-corrected chi connectivity index (χ3v) is 6.51. The molecule has 0 aliphatic rings. The fraction of sp³-hybridized carbons (Fsp3) is 0.519. The SMILES string of the molecule is C=CS/C(=C(/C(=O)SCC)C(C)CC)c1ccc(CCCCC(=C)OC(C)(C)C)cc1. The van der Waals surface area contributed by atoms with E-state index in [9.17, 15) is 4.79 Å². The van der Waals surface area contributed by atoms with Crippen LogP contribution in [0.25, 0.3) is 4.91 Å². The first-order valence-electron chi connectivity index (χ1n) is 11.3. The minimum atomic E-state index is -0.174. The molecule has 1 unspecified atom stereocenters. The maximum Gasteiger partial charge on any atom is 0.216 e. The van der Waals surface area contributed by atoms with E-state index in [2.05, 4.69) is 51.3 Å². The highest BCUT2D eigenvalue weighted by Crippen LogP contribution is 2.38. The molecule has 4 heteroatoms. The van der Waals surface area contributed by atoms with Gasteiger partial charge in [-0.3, -0.25) is 4.79 Å². The smallest absolute Gasteiger partial charge is 0.216 e. The fourth-order valence-electron chi connectivity index (χ4n) is 3.26. The lowest BCUT2D eigenvalue weighted by Crippen LogP contribution is -2.18. The molecular formula is C27H40O2S2. The van der Waals surface area contributed by atoms with E-state index in [1.54, 1.807) is 11.8 Å². The van der Waals surface area contributed by atoms with Crippen molar-refractivity contribution < 1.29 is 9.53 Å². The minimum Gasteiger partial charge on any atom is -0.493 e. The Balaban J connectivity index is 2.88. The van der Waals surface area contributed by atoms with Crippen LogP contribution < -0.4 is 0 Å². The first kappa shape index (κ1) is 27.6. The summed E-state index contributed by atoms with van der Waals surface area (Å²) in [6, 6.07) is 8.67. The summed E-state index contributed by atoms with van der Waals surface area (Å²) in [5.74, 6) is 1.88. The van der Waals surface area contributed by atoms with Crippen molar-refractivity contribution in [1.82, 2.24) is 0 Å². The second kappa shape index (κ2) is 13.9. The van der Waals surface area contributed by atoms with Gasteiger partial charge in [-0.15, -0.1) is 0 Å². The summed E-state index contributed by atoms with van der Waals surface area (Å²) in [6.07, 6.45) is 5.02. The number of rotatable bonds is 13. The topological polar surface area (TPSA) is 26.3 Å². The number of carbonyl (C=O) groups excluding carboxylic acids is 1. The van der Waals surface area contributed by atoms with E-state index < -0.39 is 0 Å². The van der Waals surface area contributed by atoms with Crippen LogP contribution in [0.2, 0.25) is 0 Å². The van der Waals surface area contributed by atoms with E-state index in [0.717, 1.165) is 59.7 Å². The Hall–Kier alpha value is -1.39. The average Bonchev–Trinajstić information content (AvgIpc) is 2.70. The number of hydrogen-bond donors (Lipinski definition) is 0. The van der Waals surface area contributed by atoms with Crippen LogP contribution in [0.4, 0.5) is 0 Å². The second-order valence-corrected chi connectivity index (χ2v) is 10.9. The van der Waals surface area contributed by atoms with Gasteiger partial charge in [-0.05, 0) is 74.7 Å². The second-order valence-electron chi connectivity index (χ2n) is 8.71. The predicted molar refractivity (Wildman–Crippen MR) is 141 cm³/mol. The van der Waals surface area contributed by atoms with Gasteiger partial charge in [0.05, 0.1) is 5.76 Å². The Morgan fingerprint density at radius 1 is 1.16 bits per heavy atom. The zero-order valence-corrected chi connectivity index (χ0v) is 21.9. The van der Waals surface area contributed by atoms with E-state index in [4.69, 9.17) is 4.74 Å². The van der Waals surface area contributed by atoms with Gasteiger partial charge in [0.15, 0.2) is 0 Å². The van der Waals surface area contributed by atoms with Crippen LogP contribution in [-0.4, -0.2) is 16.5 Å². The molecule has 0 radical (unpaired) electrons. The van der Waals surface area contributed by atoms with Crippen molar-refractivity contribution in [3.63, 3.8) is 0 Å². The molecule has 1 aromatic carbocycles. The highest BCUT2D eigenvalue weighted by molar-refractivity contribution is 8.14. The molecule has 1 rings (SSSR count). The molecule has 1 aromatic rings. The fourth-order valence-corrected chi connectivity index (χ4v) is 4.90. The zero-order valence-electron chi connectivity index (χ0n) is 20.3. The molecule has 0 spiro atoms. The average molecular weight is 461 g/mol. The molecule has 1 atom stereocenters. The number of benzene rings is 1. The van der Waals surface area contributed by atoms with Crippen molar-refractivity contribution in [2.45, 2.75) is 79.2 Å². The van der Waals surface area contributed by atoms with E-state index in [1.807, 2.05) is 33.1 Å². The van der Waals surface area contributed by atoms with Crippen molar-refractivity contribution in [2.24, 2.45) is 5.92 Å². The first-order chi connectivity index (χ1) is 14.6. The van der Waals surface area contributed by atoms with E-state index in [-0.39, 0.29) is 16.6 Å². The molecule has 0 bridgehead atoms. The minimum absolute atomic E-state index is 0.174. The number of unbranched alkanes of at least 4 members (excludes halogenated alkanes) is 1. The molecule has 0 N–H and O–H groups in total. The van der Waals surface area contributed by atoms with Crippen molar-refractivity contribution in [3.8, 4) is 0 Å². The number of ether oxygens (including phenoxy) is 1. The maximum absolute atomic E-state index is 12.9. The van der Waals surface area contributed by atoms with Crippen LogP contribution in [-0.2, 0) is 16.0 Å². The van der Waals surface area contributed by atoms with Crippen molar-refractivity contribution in [3.05, 3.63) is 65.3 Å². The van der Waals surface area contributed by atoms with Crippen molar-refractivity contribution >= 4 is 33.5 Å². The van der Waals surface area contributed by atoms with Gasteiger partial charge in [-0.1, -0.05) is 81.7 Å². The van der Waals surface area contributed by atoms with Gasteiger partial charge in [0.1, 0.15) is 5.60 Å². The quantitative estimate of drug-likeness (QED) is 0.167. The van der Waals surface area contributed by atoms with Crippen LogP contribution in [0.1, 0.15) is 78.4 Å². The summed E-state index contributed by atoms with van der Waals surface area (Å²) in [4.78, 5) is 13.9. The summed E-state index contributed by atoms with van der Waals surface area (Å²) < 4.78 is 5.80. The maximum atomic E-state index is 12.9. The van der Waals surface area contributed by atoms with Gasteiger partial charge in [-0.2, -0.15) is 0 Å². The normalized spacial score (nSPS) is 13.4. The van der Waals surface area contributed by atoms with Crippen LogP contribution >= 0.6 is 23.5 Å². The van der Waals surface area contributed by atoms with Crippen LogP contribution in [0.3, 0.4) is 0 Å².